The Balaban J connectivity index is 4.58. The van der Waals surface area contributed by atoms with Crippen LogP contribution in [0.25, 0.3) is 0 Å². The van der Waals surface area contributed by atoms with Gasteiger partial charge in [-0.3, -0.25) is 4.79 Å². The summed E-state index contributed by atoms with van der Waals surface area (Å²) in [6.07, 6.45) is 0.219. The summed E-state index contributed by atoms with van der Waals surface area (Å²) in [5.74, 6) is -3.92. The molecule has 0 aromatic heterocycles. The number of rotatable bonds is 14. The van der Waals surface area contributed by atoms with Crippen molar-refractivity contribution in [2.24, 2.45) is 0 Å². The first kappa shape index (κ1) is 27.5. The molecule has 0 N–H and O–H groups in total. The number of nitrogens with zero attached hydrogens (tertiary/aromatic N) is 2. The van der Waals surface area contributed by atoms with Gasteiger partial charge in [-0.05, 0) is 6.42 Å². The van der Waals surface area contributed by atoms with E-state index in [1.165, 1.54) is 6.08 Å². The number of carbonyl (C=O) groups excluding carboxylic acids is 4. The lowest BCUT2D eigenvalue weighted by Gasteiger charge is -2.29. The van der Waals surface area contributed by atoms with Crippen LogP contribution in [0.4, 0.5) is 0 Å². The van der Waals surface area contributed by atoms with Crippen LogP contribution in [0, 0.1) is 0 Å². The van der Waals surface area contributed by atoms with Gasteiger partial charge in [0.05, 0.1) is 42.3 Å². The van der Waals surface area contributed by atoms with Crippen LogP contribution in [0.5, 0.6) is 0 Å². The van der Waals surface area contributed by atoms with Crippen LogP contribution in [-0.2, 0) is 28.7 Å². The van der Waals surface area contributed by atoms with Crippen LogP contribution in [-0.4, -0.2) is 100 Å². The Kier molecular flexibility index (Phi) is 11.3. The zero-order chi connectivity index (χ0) is 23.5. The van der Waals surface area contributed by atoms with Crippen molar-refractivity contribution < 1.29 is 47.8 Å². The molecule has 172 valence electrons. The van der Waals surface area contributed by atoms with Crippen molar-refractivity contribution in [2.75, 3.05) is 55.4 Å². The Labute approximate surface area is 177 Å². The maximum atomic E-state index is 12.0. The molecule has 0 fully saturated rings. The van der Waals surface area contributed by atoms with Crippen LogP contribution in [0.15, 0.2) is 12.2 Å². The van der Waals surface area contributed by atoms with Gasteiger partial charge < -0.3 is 38.2 Å². The molecule has 0 amide bonds. The summed E-state index contributed by atoms with van der Waals surface area (Å²) in [5, 5.41) is 21.7. The van der Waals surface area contributed by atoms with Gasteiger partial charge in [0.1, 0.15) is 13.1 Å². The second-order valence-electron chi connectivity index (χ2n) is 9.21. The third-order valence-electron chi connectivity index (χ3n) is 3.64. The van der Waals surface area contributed by atoms with Gasteiger partial charge in [-0.1, -0.05) is 6.08 Å². The van der Waals surface area contributed by atoms with E-state index in [2.05, 4.69) is 0 Å². The predicted octanol–water partition coefficient (Wildman–Crippen LogP) is -2.16. The highest BCUT2D eigenvalue weighted by atomic mass is 16.5. The normalized spacial score (nSPS) is 14.2. The minimum Gasteiger partial charge on any atom is -0.550 e. The van der Waals surface area contributed by atoms with Gasteiger partial charge in [-0.25, -0.2) is 4.79 Å². The zero-order valence-electron chi connectivity index (χ0n) is 18.7. The van der Waals surface area contributed by atoms with Crippen molar-refractivity contribution in [3.63, 3.8) is 0 Å². The van der Waals surface area contributed by atoms with Crippen molar-refractivity contribution in [3.05, 3.63) is 12.2 Å². The first-order valence-electron chi connectivity index (χ1n) is 9.64. The van der Waals surface area contributed by atoms with E-state index in [0.717, 1.165) is 6.08 Å². The van der Waals surface area contributed by atoms with Crippen LogP contribution in [0.2, 0.25) is 0 Å². The van der Waals surface area contributed by atoms with Crippen LogP contribution < -0.4 is 10.2 Å². The molecule has 30 heavy (non-hydrogen) atoms. The summed E-state index contributed by atoms with van der Waals surface area (Å²) < 4.78 is 11.2. The molecule has 0 aliphatic carbocycles. The van der Waals surface area contributed by atoms with E-state index in [9.17, 15) is 29.4 Å². The van der Waals surface area contributed by atoms with E-state index in [1.54, 1.807) is 0 Å². The fourth-order valence-electron chi connectivity index (χ4n) is 2.71. The molecule has 0 aliphatic rings. The molecule has 0 saturated carbocycles. The molecule has 0 heterocycles. The van der Waals surface area contributed by atoms with Gasteiger partial charge in [-0.15, -0.1) is 0 Å². The standard InChI is InChI=1S/C20H34N2O8/c1-21(2,3)13-15(11-17(23)24)29-19(27)9-7-8-10-20(28)30-16(12-18(25)26)14-22(4,5)6/h7,9,15-16H,8,10-14H2,1-6H3. The maximum Gasteiger partial charge on any atom is 0.330 e. The monoisotopic (exact) mass is 430 g/mol. The van der Waals surface area contributed by atoms with Crippen molar-refractivity contribution in [1.29, 1.82) is 0 Å². The van der Waals surface area contributed by atoms with Gasteiger partial charge in [0.2, 0.25) is 0 Å². The number of esters is 2. The fourth-order valence-corrected chi connectivity index (χ4v) is 2.71. The number of carboxylic acids is 2. The molecule has 0 aliphatic heterocycles. The molecular weight excluding hydrogens is 396 g/mol. The van der Waals surface area contributed by atoms with E-state index in [4.69, 9.17) is 9.47 Å². The predicted molar refractivity (Wildman–Crippen MR) is 103 cm³/mol. The van der Waals surface area contributed by atoms with Crippen molar-refractivity contribution in [1.82, 2.24) is 0 Å². The Morgan fingerprint density at radius 1 is 0.800 bits per heavy atom. The number of ether oxygens (including phenoxy) is 2. The summed E-state index contributed by atoms with van der Waals surface area (Å²) in [7, 11) is 11.0. The third kappa shape index (κ3) is 16.5. The fraction of sp³-hybridized carbons (Fsp3) is 0.700. The van der Waals surface area contributed by atoms with E-state index in [-0.39, 0.29) is 12.8 Å². The maximum absolute atomic E-state index is 12.0. The van der Waals surface area contributed by atoms with Gasteiger partial charge in [0.25, 0.3) is 0 Å². The van der Waals surface area contributed by atoms with Crippen molar-refractivity contribution in [3.8, 4) is 0 Å². The highest BCUT2D eigenvalue weighted by molar-refractivity contribution is 5.82. The number of allylic oxidation sites excluding steroid dienone is 1. The SMILES string of the molecule is C[N+](C)(C)CC(CC(=O)[O-])OC(=O)C=CCCC(=O)OC(CC(=O)[O-])C[N+](C)(C)C. The number of aliphatic carboxylic acids is 2. The van der Waals surface area contributed by atoms with Crippen molar-refractivity contribution in [2.45, 2.75) is 37.9 Å². The molecule has 2 unspecified atom stereocenters. The molecule has 0 radical (unpaired) electrons. The van der Waals surface area contributed by atoms with E-state index >= 15 is 0 Å². The summed E-state index contributed by atoms with van der Waals surface area (Å²) in [6.45, 7) is 0.611. The van der Waals surface area contributed by atoms with Gasteiger partial charge in [0.15, 0.2) is 12.2 Å². The zero-order valence-corrected chi connectivity index (χ0v) is 18.7. The Morgan fingerprint density at radius 2 is 1.23 bits per heavy atom. The number of hydrogen-bond acceptors (Lipinski definition) is 8. The minimum atomic E-state index is -1.31. The third-order valence-corrected chi connectivity index (χ3v) is 3.64. The molecule has 0 aromatic rings. The average Bonchev–Trinajstić information content (AvgIpc) is 2.46. The second-order valence-corrected chi connectivity index (χ2v) is 9.21. The van der Waals surface area contributed by atoms with Crippen LogP contribution in [0.1, 0.15) is 25.7 Å². The molecule has 2 atom stereocenters. The summed E-state index contributed by atoms with van der Waals surface area (Å²) in [6, 6.07) is 0. The molecule has 0 aromatic carbocycles. The quantitative estimate of drug-likeness (QED) is 0.173. The largest absolute Gasteiger partial charge is 0.550 e. The van der Waals surface area contributed by atoms with Crippen LogP contribution >= 0.6 is 0 Å². The van der Waals surface area contributed by atoms with Gasteiger partial charge in [0, 0.05) is 37.3 Å². The molecule has 10 heteroatoms. The first-order valence-corrected chi connectivity index (χ1v) is 9.64. The molecular formula is C20H34N2O8. The van der Waals surface area contributed by atoms with Crippen molar-refractivity contribution >= 4 is 23.9 Å². The number of carboxylic acid groups (broad SMARTS) is 2. The molecule has 0 rings (SSSR count). The number of quaternary nitrogens is 2. The number of likely N-dealkylation sites (N-methyl/N-ethyl adjacent to an activating group) is 2. The van der Waals surface area contributed by atoms with E-state index in [1.807, 2.05) is 42.3 Å². The molecule has 0 saturated heterocycles. The first-order chi connectivity index (χ1) is 13.6. The summed E-state index contributed by atoms with van der Waals surface area (Å²) in [5.41, 5.74) is 0. The smallest absolute Gasteiger partial charge is 0.330 e. The highest BCUT2D eigenvalue weighted by Crippen LogP contribution is 2.08. The Morgan fingerprint density at radius 3 is 1.63 bits per heavy atom. The van der Waals surface area contributed by atoms with E-state index in [0.29, 0.717) is 22.1 Å². The Bertz CT molecular complexity index is 632. The van der Waals surface area contributed by atoms with Crippen LogP contribution in [0.3, 0.4) is 0 Å². The lowest BCUT2D eigenvalue weighted by atomic mass is 10.2. The number of hydrogen-bond donors (Lipinski definition) is 0. The molecule has 0 bridgehead atoms. The number of carbonyl (C=O) groups is 4. The van der Waals surface area contributed by atoms with E-state index < -0.39 is 48.9 Å². The molecule has 0 spiro atoms. The Hall–Kier alpha value is -2.46. The summed E-state index contributed by atoms with van der Waals surface area (Å²) >= 11 is 0. The summed E-state index contributed by atoms with van der Waals surface area (Å²) in [4.78, 5) is 45.5. The van der Waals surface area contributed by atoms with Gasteiger partial charge in [-0.2, -0.15) is 0 Å². The minimum absolute atomic E-state index is 0.0498. The highest BCUT2D eigenvalue weighted by Gasteiger charge is 2.23. The lowest BCUT2D eigenvalue weighted by molar-refractivity contribution is -0.873. The average molecular weight is 430 g/mol. The van der Waals surface area contributed by atoms with Gasteiger partial charge >= 0.3 is 11.9 Å². The molecule has 10 nitrogen and oxygen atoms in total. The lowest BCUT2D eigenvalue weighted by Crippen LogP contribution is -2.45. The topological polar surface area (TPSA) is 133 Å². The second kappa shape index (κ2) is 12.3.